The first kappa shape index (κ1) is 25.4. The van der Waals surface area contributed by atoms with E-state index in [2.05, 4.69) is 23.2 Å². The number of pyridine rings is 1. The Morgan fingerprint density at radius 3 is 2.50 bits per heavy atom. The second-order valence-electron chi connectivity index (χ2n) is 8.63. The van der Waals surface area contributed by atoms with Crippen molar-refractivity contribution in [1.82, 2.24) is 24.1 Å². The summed E-state index contributed by atoms with van der Waals surface area (Å²) in [6.45, 7) is 12.2. The number of aryl methyl sites for hydroxylation is 1. The molecular weight excluding hydrogens is 485 g/mol. The van der Waals surface area contributed by atoms with Gasteiger partial charge in [-0.1, -0.05) is 43.0 Å². The summed E-state index contributed by atoms with van der Waals surface area (Å²) < 4.78 is 16.1. The molecule has 0 saturated carbocycles. The van der Waals surface area contributed by atoms with Crippen LogP contribution >= 0.6 is 11.6 Å². The molecule has 2 aromatic heterocycles. The molecule has 3 heterocycles. The summed E-state index contributed by atoms with van der Waals surface area (Å²) in [7, 11) is 0. The van der Waals surface area contributed by atoms with Crippen molar-refractivity contribution in [3.8, 4) is 5.69 Å². The smallest absolute Gasteiger partial charge is 0.280 e. The fourth-order valence-electron chi connectivity index (χ4n) is 4.40. The summed E-state index contributed by atoms with van der Waals surface area (Å²) >= 11 is 5.87. The Bertz CT molecular complexity index is 1490. The summed E-state index contributed by atoms with van der Waals surface area (Å²) in [4.78, 5) is 43.0. The van der Waals surface area contributed by atoms with Crippen LogP contribution in [0.25, 0.3) is 16.6 Å². The first-order chi connectivity index (χ1) is 17.2. The van der Waals surface area contributed by atoms with Crippen molar-refractivity contribution in [2.75, 3.05) is 32.7 Å². The van der Waals surface area contributed by atoms with E-state index in [1.165, 1.54) is 27.4 Å². The molecule has 8 nitrogen and oxygen atoms in total. The number of piperazine rings is 1. The van der Waals surface area contributed by atoms with Gasteiger partial charge in [0.05, 0.1) is 21.6 Å². The number of H-pyrrole nitrogens is 1. The van der Waals surface area contributed by atoms with Crippen molar-refractivity contribution in [1.29, 1.82) is 0 Å². The molecule has 1 amide bonds. The van der Waals surface area contributed by atoms with Crippen molar-refractivity contribution < 1.29 is 9.18 Å². The van der Waals surface area contributed by atoms with Crippen molar-refractivity contribution in [2.45, 2.75) is 13.5 Å². The lowest BCUT2D eigenvalue weighted by Gasteiger charge is -2.35. The van der Waals surface area contributed by atoms with Crippen molar-refractivity contribution in [2.24, 2.45) is 0 Å². The van der Waals surface area contributed by atoms with Crippen molar-refractivity contribution in [3.05, 3.63) is 98.5 Å². The number of allylic oxidation sites excluding steroid dienone is 2. The normalized spacial score (nSPS) is 14.9. The predicted octanol–water partition coefficient (Wildman–Crippen LogP) is 3.02. The Balaban J connectivity index is 1.54. The van der Waals surface area contributed by atoms with Crippen LogP contribution in [0.15, 0.2) is 70.8 Å². The SMILES string of the molecule is C=C/C=C(\C=C)CN1CCN(C(=O)Cn2c(C)c3c(=O)n(-c4ccc(F)c(Cl)c4)[nH]c3cc2=O)CC1. The number of carbonyl (C=O) groups excluding carboxylic acids is 1. The molecule has 10 heteroatoms. The third kappa shape index (κ3) is 4.98. The Morgan fingerprint density at radius 1 is 1.14 bits per heavy atom. The maximum absolute atomic E-state index is 13.6. The molecule has 0 atom stereocenters. The Morgan fingerprint density at radius 2 is 1.86 bits per heavy atom. The van der Waals surface area contributed by atoms with Crippen LogP contribution in [0.2, 0.25) is 5.02 Å². The minimum Gasteiger partial charge on any atom is -0.339 e. The summed E-state index contributed by atoms with van der Waals surface area (Å²) in [5.41, 5.74) is 1.26. The second-order valence-corrected chi connectivity index (χ2v) is 9.04. The number of fused-ring (bicyclic) bond motifs is 1. The van der Waals surface area contributed by atoms with Crippen molar-refractivity contribution >= 4 is 28.4 Å². The average molecular weight is 512 g/mol. The molecule has 1 N–H and O–H groups in total. The monoisotopic (exact) mass is 511 g/mol. The number of carbonyl (C=O) groups is 1. The number of halogens is 2. The van der Waals surface area contributed by atoms with Gasteiger partial charge in [0.15, 0.2) is 0 Å². The standard InChI is InChI=1S/C26H27ClFN5O3/c1-4-6-18(5-2)15-30-9-11-31(12-10-30)24(35)16-32-17(3)25-22(14-23(32)34)29-33(26(25)36)19-7-8-21(28)20(27)13-19/h4-8,13-14,29H,1-2,9-12,15-16H2,3H3/b18-6+. The highest BCUT2D eigenvalue weighted by molar-refractivity contribution is 6.30. The van der Waals surface area contributed by atoms with Crippen LogP contribution in [0.3, 0.4) is 0 Å². The molecule has 1 saturated heterocycles. The lowest BCUT2D eigenvalue weighted by Crippen LogP contribution is -2.50. The van der Waals surface area contributed by atoms with Gasteiger partial charge in [0.2, 0.25) is 5.91 Å². The molecule has 36 heavy (non-hydrogen) atoms. The molecule has 188 valence electrons. The molecule has 0 radical (unpaired) electrons. The quantitative estimate of drug-likeness (QED) is 0.494. The van der Waals surface area contributed by atoms with Gasteiger partial charge in [0.25, 0.3) is 11.1 Å². The molecule has 3 aromatic rings. The Labute approximate surface area is 212 Å². The van der Waals surface area contributed by atoms with Gasteiger partial charge >= 0.3 is 0 Å². The third-order valence-corrected chi connectivity index (χ3v) is 6.69. The van der Waals surface area contributed by atoms with Gasteiger partial charge in [-0.15, -0.1) is 0 Å². The lowest BCUT2D eigenvalue weighted by molar-refractivity contribution is -0.133. The average Bonchev–Trinajstić information content (AvgIpc) is 3.19. The zero-order valence-electron chi connectivity index (χ0n) is 20.0. The van der Waals surface area contributed by atoms with E-state index in [0.29, 0.717) is 43.1 Å². The molecule has 0 bridgehead atoms. The van der Waals surface area contributed by atoms with Crippen LogP contribution in [0.5, 0.6) is 0 Å². The molecular formula is C26H27ClFN5O3. The van der Waals surface area contributed by atoms with E-state index < -0.39 is 16.9 Å². The van der Waals surface area contributed by atoms with Gasteiger partial charge in [0.1, 0.15) is 12.4 Å². The predicted molar refractivity (Wildman–Crippen MR) is 139 cm³/mol. The first-order valence-corrected chi connectivity index (χ1v) is 11.9. The number of hydrogen-bond donors (Lipinski definition) is 1. The van der Waals surface area contributed by atoms with Crippen molar-refractivity contribution in [3.63, 3.8) is 0 Å². The number of aromatic amines is 1. The fourth-order valence-corrected chi connectivity index (χ4v) is 4.57. The number of hydrogen-bond acceptors (Lipinski definition) is 4. The summed E-state index contributed by atoms with van der Waals surface area (Å²) in [6.07, 6.45) is 5.43. The Hall–Kier alpha value is -3.69. The van der Waals surface area contributed by atoms with E-state index >= 15 is 0 Å². The minimum atomic E-state index is -0.603. The van der Waals surface area contributed by atoms with E-state index in [1.54, 1.807) is 24.0 Å². The number of nitrogens with one attached hydrogen (secondary N) is 1. The lowest BCUT2D eigenvalue weighted by atomic mass is 10.2. The van der Waals surface area contributed by atoms with Crippen LogP contribution in [-0.4, -0.2) is 62.8 Å². The summed E-state index contributed by atoms with van der Waals surface area (Å²) in [5, 5.41) is 3.03. The topological polar surface area (TPSA) is 83.3 Å². The van der Waals surface area contributed by atoms with E-state index in [-0.39, 0.29) is 22.9 Å². The number of amides is 1. The zero-order chi connectivity index (χ0) is 26.0. The molecule has 0 unspecified atom stereocenters. The van der Waals surface area contributed by atoms with Crippen LogP contribution < -0.4 is 11.1 Å². The maximum atomic E-state index is 13.6. The second kappa shape index (κ2) is 10.5. The van der Waals surface area contributed by atoms with Gasteiger partial charge in [-0.2, -0.15) is 0 Å². The van der Waals surface area contributed by atoms with Gasteiger partial charge < -0.3 is 9.47 Å². The number of aromatic nitrogens is 3. The molecule has 1 aliphatic rings. The molecule has 1 aliphatic heterocycles. The third-order valence-electron chi connectivity index (χ3n) is 6.40. The highest BCUT2D eigenvalue weighted by Crippen LogP contribution is 2.19. The maximum Gasteiger partial charge on any atom is 0.280 e. The van der Waals surface area contributed by atoms with Crippen LogP contribution in [-0.2, 0) is 11.3 Å². The highest BCUT2D eigenvalue weighted by Gasteiger charge is 2.23. The van der Waals surface area contributed by atoms with Gasteiger partial charge in [-0.05, 0) is 30.7 Å². The number of rotatable bonds is 7. The summed E-state index contributed by atoms with van der Waals surface area (Å²) in [5.74, 6) is -0.792. The largest absolute Gasteiger partial charge is 0.339 e. The van der Waals surface area contributed by atoms with Gasteiger partial charge in [-0.25, -0.2) is 9.07 Å². The molecule has 1 aromatic carbocycles. The van der Waals surface area contributed by atoms with Crippen LogP contribution in [0.1, 0.15) is 5.69 Å². The first-order valence-electron chi connectivity index (χ1n) is 11.5. The molecule has 4 rings (SSSR count). The number of benzene rings is 1. The van der Waals surface area contributed by atoms with E-state index in [0.717, 1.165) is 18.2 Å². The summed E-state index contributed by atoms with van der Waals surface area (Å²) in [6, 6.07) is 5.19. The highest BCUT2D eigenvalue weighted by atomic mass is 35.5. The van der Waals surface area contributed by atoms with Gasteiger partial charge in [0, 0.05) is 44.5 Å². The minimum absolute atomic E-state index is 0.127. The van der Waals surface area contributed by atoms with E-state index in [4.69, 9.17) is 11.6 Å². The number of nitrogens with zero attached hydrogens (tertiary/aromatic N) is 4. The fraction of sp³-hybridized carbons (Fsp3) is 0.269. The Kier molecular flexibility index (Phi) is 7.42. The van der Waals surface area contributed by atoms with Gasteiger partial charge in [-0.3, -0.25) is 24.4 Å². The molecule has 0 spiro atoms. The van der Waals surface area contributed by atoms with Crippen LogP contribution in [0, 0.1) is 12.7 Å². The van der Waals surface area contributed by atoms with E-state index in [9.17, 15) is 18.8 Å². The molecule has 1 fully saturated rings. The zero-order valence-corrected chi connectivity index (χ0v) is 20.7. The van der Waals surface area contributed by atoms with Crippen LogP contribution in [0.4, 0.5) is 4.39 Å². The van der Waals surface area contributed by atoms with E-state index in [1.807, 2.05) is 6.08 Å². The molecule has 0 aliphatic carbocycles.